The fourth-order valence-electron chi connectivity index (χ4n) is 2.98. The van der Waals surface area contributed by atoms with E-state index < -0.39 is 0 Å². The average Bonchev–Trinajstić information content (AvgIpc) is 3.09. The first-order chi connectivity index (χ1) is 14.7. The highest BCUT2D eigenvalue weighted by molar-refractivity contribution is 5.79. The van der Waals surface area contributed by atoms with Crippen LogP contribution in [0.2, 0.25) is 0 Å². The highest BCUT2D eigenvalue weighted by atomic mass is 16.5. The molecule has 0 aliphatic rings. The van der Waals surface area contributed by atoms with E-state index in [0.717, 1.165) is 41.9 Å². The molecule has 0 amide bonds. The van der Waals surface area contributed by atoms with Crippen molar-refractivity contribution >= 4 is 5.96 Å². The summed E-state index contributed by atoms with van der Waals surface area (Å²) in [5.41, 5.74) is 2.39. The summed E-state index contributed by atoms with van der Waals surface area (Å²) in [5, 5.41) is 15.1. The molecule has 0 saturated heterocycles. The van der Waals surface area contributed by atoms with Crippen LogP contribution >= 0.6 is 0 Å². The highest BCUT2D eigenvalue weighted by Gasteiger charge is 2.06. The van der Waals surface area contributed by atoms with Crippen molar-refractivity contribution in [2.45, 2.75) is 33.4 Å². The number of aromatic nitrogens is 3. The third kappa shape index (κ3) is 6.34. The van der Waals surface area contributed by atoms with Gasteiger partial charge in [0.15, 0.2) is 11.8 Å². The van der Waals surface area contributed by atoms with Crippen LogP contribution in [0.4, 0.5) is 0 Å². The third-order valence-electron chi connectivity index (χ3n) is 4.77. The van der Waals surface area contributed by atoms with Gasteiger partial charge in [-0.15, -0.1) is 10.2 Å². The second-order valence-corrected chi connectivity index (χ2v) is 6.98. The largest absolute Gasteiger partial charge is 0.494 e. The second kappa shape index (κ2) is 11.0. The number of ether oxygens (including phenoxy) is 1. The summed E-state index contributed by atoms with van der Waals surface area (Å²) >= 11 is 0. The van der Waals surface area contributed by atoms with Gasteiger partial charge in [0.2, 0.25) is 0 Å². The van der Waals surface area contributed by atoms with Crippen LogP contribution in [-0.2, 0) is 26.6 Å². The van der Waals surface area contributed by atoms with Gasteiger partial charge in [0.25, 0.3) is 0 Å². The molecule has 7 heteroatoms. The third-order valence-corrected chi connectivity index (χ3v) is 4.77. The Labute approximate surface area is 178 Å². The van der Waals surface area contributed by atoms with Gasteiger partial charge >= 0.3 is 0 Å². The van der Waals surface area contributed by atoms with E-state index in [4.69, 9.17) is 9.73 Å². The summed E-state index contributed by atoms with van der Waals surface area (Å²) < 4.78 is 7.56. The molecule has 0 saturated carbocycles. The van der Waals surface area contributed by atoms with Crippen molar-refractivity contribution in [3.05, 3.63) is 77.4 Å². The lowest BCUT2D eigenvalue weighted by Gasteiger charge is -2.13. The Hall–Kier alpha value is -3.35. The number of nitrogens with zero attached hydrogens (tertiary/aromatic N) is 4. The maximum atomic E-state index is 5.59. The van der Waals surface area contributed by atoms with E-state index in [1.165, 1.54) is 5.56 Å². The van der Waals surface area contributed by atoms with Gasteiger partial charge in [0.05, 0.1) is 19.7 Å². The Morgan fingerprint density at radius 3 is 2.57 bits per heavy atom. The standard InChI is InChI=1S/C23H30N6O/c1-4-30-21-12-8-11-19(15-21)13-14-24-23(25-16-20-9-6-5-7-10-20)26-17-22-28-27-18(2)29(22)3/h5-12,15H,4,13-14,16-17H2,1-3H3,(H2,24,25,26). The number of guanidine groups is 1. The normalized spacial score (nSPS) is 11.4. The SMILES string of the molecule is CCOc1cccc(CCNC(=NCc2ccccc2)NCc2nnc(C)n2C)c1. The Kier molecular flexibility index (Phi) is 7.83. The zero-order valence-corrected chi connectivity index (χ0v) is 17.9. The first-order valence-corrected chi connectivity index (χ1v) is 10.3. The van der Waals surface area contributed by atoms with Crippen LogP contribution in [0.15, 0.2) is 59.6 Å². The smallest absolute Gasteiger partial charge is 0.191 e. The number of aryl methyl sites for hydroxylation is 1. The molecular weight excluding hydrogens is 376 g/mol. The molecule has 0 radical (unpaired) electrons. The zero-order valence-electron chi connectivity index (χ0n) is 17.9. The van der Waals surface area contributed by atoms with E-state index in [2.05, 4.69) is 45.1 Å². The number of hydrogen-bond donors (Lipinski definition) is 2. The van der Waals surface area contributed by atoms with Crippen LogP contribution in [0.5, 0.6) is 5.75 Å². The van der Waals surface area contributed by atoms with Crippen molar-refractivity contribution in [2.24, 2.45) is 12.0 Å². The lowest BCUT2D eigenvalue weighted by atomic mass is 10.1. The molecule has 0 aliphatic carbocycles. The number of nitrogens with one attached hydrogen (secondary N) is 2. The van der Waals surface area contributed by atoms with Crippen molar-refractivity contribution in [3.8, 4) is 5.75 Å². The Bertz CT molecular complexity index is 951. The van der Waals surface area contributed by atoms with Gasteiger partial charge < -0.3 is 19.9 Å². The molecule has 3 rings (SSSR count). The number of benzene rings is 2. The van der Waals surface area contributed by atoms with Gasteiger partial charge in [0.1, 0.15) is 11.6 Å². The summed E-state index contributed by atoms with van der Waals surface area (Å²) in [6, 6.07) is 18.4. The van der Waals surface area contributed by atoms with Gasteiger partial charge in [-0.05, 0) is 43.5 Å². The summed E-state index contributed by atoms with van der Waals surface area (Å²) in [4.78, 5) is 4.74. The van der Waals surface area contributed by atoms with Gasteiger partial charge in [-0.2, -0.15) is 0 Å². The molecule has 0 bridgehead atoms. The quantitative estimate of drug-likeness (QED) is 0.422. The molecule has 0 fully saturated rings. The molecule has 7 nitrogen and oxygen atoms in total. The van der Waals surface area contributed by atoms with E-state index in [9.17, 15) is 0 Å². The van der Waals surface area contributed by atoms with Crippen molar-refractivity contribution < 1.29 is 4.74 Å². The van der Waals surface area contributed by atoms with Crippen molar-refractivity contribution in [1.82, 2.24) is 25.4 Å². The Balaban J connectivity index is 1.61. The van der Waals surface area contributed by atoms with Crippen LogP contribution in [0.3, 0.4) is 0 Å². The van der Waals surface area contributed by atoms with Crippen LogP contribution in [0, 0.1) is 6.92 Å². The highest BCUT2D eigenvalue weighted by Crippen LogP contribution is 2.13. The minimum Gasteiger partial charge on any atom is -0.494 e. The maximum absolute atomic E-state index is 5.59. The van der Waals surface area contributed by atoms with Crippen LogP contribution in [0.1, 0.15) is 29.7 Å². The molecule has 0 aliphatic heterocycles. The monoisotopic (exact) mass is 406 g/mol. The minimum atomic E-state index is 0.553. The molecule has 3 aromatic rings. The Morgan fingerprint density at radius 1 is 1.03 bits per heavy atom. The molecule has 1 heterocycles. The van der Waals surface area contributed by atoms with E-state index in [1.54, 1.807) is 0 Å². The van der Waals surface area contributed by atoms with Gasteiger partial charge in [-0.1, -0.05) is 42.5 Å². The van der Waals surface area contributed by atoms with Gasteiger partial charge in [0, 0.05) is 13.6 Å². The topological polar surface area (TPSA) is 76.4 Å². The maximum Gasteiger partial charge on any atom is 0.191 e. The molecule has 0 atom stereocenters. The fraction of sp³-hybridized carbons (Fsp3) is 0.348. The molecule has 158 valence electrons. The molecule has 30 heavy (non-hydrogen) atoms. The predicted octanol–water partition coefficient (Wildman–Crippen LogP) is 3.00. The molecule has 1 aromatic heterocycles. The molecule has 0 unspecified atom stereocenters. The molecule has 2 aromatic carbocycles. The number of hydrogen-bond acceptors (Lipinski definition) is 4. The van der Waals surface area contributed by atoms with Crippen molar-refractivity contribution in [2.75, 3.05) is 13.2 Å². The van der Waals surface area contributed by atoms with Crippen molar-refractivity contribution in [1.29, 1.82) is 0 Å². The Morgan fingerprint density at radius 2 is 1.83 bits per heavy atom. The number of aliphatic imine (C=N–C) groups is 1. The average molecular weight is 407 g/mol. The molecule has 2 N–H and O–H groups in total. The summed E-state index contributed by atoms with van der Waals surface area (Å²) in [5.74, 6) is 3.41. The zero-order chi connectivity index (χ0) is 21.2. The van der Waals surface area contributed by atoms with Crippen LogP contribution in [-0.4, -0.2) is 33.9 Å². The van der Waals surface area contributed by atoms with E-state index in [0.29, 0.717) is 19.7 Å². The van der Waals surface area contributed by atoms with Crippen molar-refractivity contribution in [3.63, 3.8) is 0 Å². The lowest BCUT2D eigenvalue weighted by molar-refractivity contribution is 0.340. The van der Waals surface area contributed by atoms with Crippen LogP contribution < -0.4 is 15.4 Å². The summed E-state index contributed by atoms with van der Waals surface area (Å²) in [6.45, 7) is 6.52. The molecule has 0 spiro atoms. The first kappa shape index (κ1) is 21.4. The van der Waals surface area contributed by atoms with E-state index in [1.807, 2.05) is 55.8 Å². The predicted molar refractivity (Wildman–Crippen MR) is 119 cm³/mol. The molecular formula is C23H30N6O. The first-order valence-electron chi connectivity index (χ1n) is 10.3. The van der Waals surface area contributed by atoms with E-state index in [-0.39, 0.29) is 0 Å². The van der Waals surface area contributed by atoms with Gasteiger partial charge in [-0.3, -0.25) is 0 Å². The van der Waals surface area contributed by atoms with Gasteiger partial charge in [-0.25, -0.2) is 4.99 Å². The second-order valence-electron chi connectivity index (χ2n) is 6.98. The van der Waals surface area contributed by atoms with E-state index >= 15 is 0 Å². The minimum absolute atomic E-state index is 0.553. The lowest BCUT2D eigenvalue weighted by Crippen LogP contribution is -2.38. The summed E-state index contributed by atoms with van der Waals surface area (Å²) in [6.07, 6.45) is 0.871. The van der Waals surface area contributed by atoms with Crippen LogP contribution in [0.25, 0.3) is 0 Å². The number of rotatable bonds is 9. The summed E-state index contributed by atoms with van der Waals surface area (Å²) in [7, 11) is 1.96. The fourth-order valence-corrected chi connectivity index (χ4v) is 2.98.